The van der Waals surface area contributed by atoms with Crippen LogP contribution in [0.25, 0.3) is 0 Å². The SMILES string of the molecule is CCCC/C(I)=C(/CCI)CCCC. The molecule has 0 aliphatic heterocycles. The van der Waals surface area contributed by atoms with Crippen molar-refractivity contribution in [1.29, 1.82) is 0 Å². The average molecular weight is 420 g/mol. The summed E-state index contributed by atoms with van der Waals surface area (Å²) >= 11 is 5.05. The summed E-state index contributed by atoms with van der Waals surface area (Å²) in [6, 6.07) is 0. The molecule has 0 aromatic carbocycles. The zero-order valence-corrected chi connectivity index (χ0v) is 13.7. The van der Waals surface area contributed by atoms with Crippen LogP contribution in [0.4, 0.5) is 0 Å². The van der Waals surface area contributed by atoms with Gasteiger partial charge in [-0.1, -0.05) is 54.9 Å². The lowest BCUT2D eigenvalue weighted by Crippen LogP contribution is -1.90. The first kappa shape index (κ1) is 15.2. The van der Waals surface area contributed by atoms with Gasteiger partial charge in [0.2, 0.25) is 0 Å². The van der Waals surface area contributed by atoms with E-state index < -0.39 is 0 Å². The van der Waals surface area contributed by atoms with Gasteiger partial charge in [-0.25, -0.2) is 0 Å². The summed E-state index contributed by atoms with van der Waals surface area (Å²) in [4.78, 5) is 0. The molecule has 0 saturated heterocycles. The minimum absolute atomic E-state index is 1.27. The van der Waals surface area contributed by atoms with Gasteiger partial charge in [-0.15, -0.1) is 0 Å². The molecule has 0 radical (unpaired) electrons. The maximum Gasteiger partial charge on any atom is 0.00329 e. The van der Waals surface area contributed by atoms with Gasteiger partial charge in [0.15, 0.2) is 0 Å². The Kier molecular flexibility index (Phi) is 11.6. The molecule has 0 atom stereocenters. The number of alkyl halides is 1. The molecule has 0 amide bonds. The molecule has 2 heteroatoms. The second-order valence-corrected chi connectivity index (χ2v) is 6.04. The summed E-state index contributed by atoms with van der Waals surface area (Å²) in [7, 11) is 0. The molecule has 0 nitrogen and oxygen atoms in total. The Balaban J connectivity index is 4.10. The predicted molar refractivity (Wildman–Crippen MR) is 83.6 cm³/mol. The zero-order valence-electron chi connectivity index (χ0n) is 9.41. The van der Waals surface area contributed by atoms with Crippen LogP contribution in [0.1, 0.15) is 58.8 Å². The van der Waals surface area contributed by atoms with Crippen LogP contribution >= 0.6 is 45.2 Å². The van der Waals surface area contributed by atoms with Gasteiger partial charge in [0, 0.05) is 4.43 Å². The molecule has 0 N–H and O–H groups in total. The van der Waals surface area contributed by atoms with Crippen molar-refractivity contribution in [3.63, 3.8) is 0 Å². The third-order valence-corrected chi connectivity index (χ3v) is 4.20. The molecule has 0 aromatic rings. The van der Waals surface area contributed by atoms with Crippen LogP contribution in [0.3, 0.4) is 0 Å². The van der Waals surface area contributed by atoms with E-state index in [-0.39, 0.29) is 0 Å². The number of hydrogen-bond donors (Lipinski definition) is 0. The van der Waals surface area contributed by atoms with Crippen molar-refractivity contribution in [3.8, 4) is 0 Å². The Bertz CT molecular complexity index is 162. The standard InChI is InChI=1S/C12H22I2/c1-3-5-7-11(9-10-13)12(14)8-6-4-2/h3-10H2,1-2H3/b12-11-. The maximum atomic E-state index is 2.57. The molecule has 0 heterocycles. The summed E-state index contributed by atoms with van der Waals surface area (Å²) in [6.07, 6.45) is 9.32. The molecule has 0 aliphatic rings. The molecule has 84 valence electrons. The number of hydrogen-bond acceptors (Lipinski definition) is 0. The van der Waals surface area contributed by atoms with Crippen molar-refractivity contribution in [1.82, 2.24) is 0 Å². The van der Waals surface area contributed by atoms with Gasteiger partial charge in [0.25, 0.3) is 0 Å². The highest BCUT2D eigenvalue weighted by Crippen LogP contribution is 2.26. The fourth-order valence-corrected chi connectivity index (χ4v) is 2.98. The normalized spacial score (nSPS) is 12.9. The lowest BCUT2D eigenvalue weighted by Gasteiger charge is -2.09. The first-order valence-electron chi connectivity index (χ1n) is 5.68. The average Bonchev–Trinajstić information content (AvgIpc) is 2.20. The lowest BCUT2D eigenvalue weighted by molar-refractivity contribution is 0.750. The van der Waals surface area contributed by atoms with E-state index in [1.807, 2.05) is 0 Å². The van der Waals surface area contributed by atoms with Gasteiger partial charge < -0.3 is 0 Å². The molecule has 0 aromatic heterocycles. The third kappa shape index (κ3) is 7.49. The van der Waals surface area contributed by atoms with Gasteiger partial charge >= 0.3 is 0 Å². The monoisotopic (exact) mass is 420 g/mol. The molecular formula is C12H22I2. The van der Waals surface area contributed by atoms with Gasteiger partial charge in [0.1, 0.15) is 0 Å². The number of rotatable bonds is 8. The third-order valence-electron chi connectivity index (χ3n) is 2.36. The molecule has 0 aliphatic carbocycles. The van der Waals surface area contributed by atoms with E-state index in [2.05, 4.69) is 59.0 Å². The van der Waals surface area contributed by atoms with E-state index in [0.29, 0.717) is 0 Å². The Morgan fingerprint density at radius 1 is 0.929 bits per heavy atom. The summed E-state index contributed by atoms with van der Waals surface area (Å²) < 4.78 is 2.92. The number of allylic oxidation sites excluding steroid dienone is 2. The second-order valence-electron chi connectivity index (χ2n) is 3.65. The predicted octanol–water partition coefficient (Wildman–Crippen LogP) is 5.88. The van der Waals surface area contributed by atoms with Crippen LogP contribution in [0, 0.1) is 0 Å². The molecule has 0 saturated carbocycles. The van der Waals surface area contributed by atoms with Gasteiger partial charge in [0.05, 0.1) is 0 Å². The van der Waals surface area contributed by atoms with Crippen molar-refractivity contribution >= 4 is 45.2 Å². The molecule has 0 bridgehead atoms. The number of halogens is 2. The van der Waals surface area contributed by atoms with Crippen LogP contribution < -0.4 is 0 Å². The molecular weight excluding hydrogens is 398 g/mol. The van der Waals surface area contributed by atoms with Crippen LogP contribution in [-0.2, 0) is 0 Å². The minimum atomic E-state index is 1.27. The molecule has 14 heavy (non-hydrogen) atoms. The van der Waals surface area contributed by atoms with E-state index >= 15 is 0 Å². The second kappa shape index (κ2) is 10.7. The van der Waals surface area contributed by atoms with E-state index in [1.165, 1.54) is 49.4 Å². The fraction of sp³-hybridized carbons (Fsp3) is 0.833. The van der Waals surface area contributed by atoms with E-state index in [9.17, 15) is 0 Å². The minimum Gasteiger partial charge on any atom is -0.0860 e. The summed E-state index contributed by atoms with van der Waals surface area (Å²) in [5.41, 5.74) is 1.73. The summed E-state index contributed by atoms with van der Waals surface area (Å²) in [6.45, 7) is 4.55. The van der Waals surface area contributed by atoms with Crippen molar-refractivity contribution in [2.75, 3.05) is 4.43 Å². The fourth-order valence-electron chi connectivity index (χ4n) is 1.41. The van der Waals surface area contributed by atoms with Gasteiger partial charge in [-0.3, -0.25) is 0 Å². The van der Waals surface area contributed by atoms with Gasteiger partial charge in [-0.05, 0) is 58.3 Å². The van der Waals surface area contributed by atoms with Crippen LogP contribution in [0.5, 0.6) is 0 Å². The first-order chi connectivity index (χ1) is 6.76. The highest BCUT2D eigenvalue weighted by molar-refractivity contribution is 14.1. The Hall–Kier alpha value is 1.20. The van der Waals surface area contributed by atoms with Crippen molar-refractivity contribution in [3.05, 3.63) is 9.15 Å². The van der Waals surface area contributed by atoms with Crippen molar-refractivity contribution < 1.29 is 0 Å². The first-order valence-corrected chi connectivity index (χ1v) is 8.29. The maximum absolute atomic E-state index is 2.57. The quantitative estimate of drug-likeness (QED) is 0.340. The summed E-state index contributed by atoms with van der Waals surface area (Å²) in [5.74, 6) is 0. The topological polar surface area (TPSA) is 0 Å². The van der Waals surface area contributed by atoms with Crippen LogP contribution in [0.15, 0.2) is 9.15 Å². The largest absolute Gasteiger partial charge is 0.0860 e. The van der Waals surface area contributed by atoms with Gasteiger partial charge in [-0.2, -0.15) is 0 Å². The smallest absolute Gasteiger partial charge is 0.00329 e. The molecule has 0 unspecified atom stereocenters. The Morgan fingerprint density at radius 3 is 2.00 bits per heavy atom. The van der Waals surface area contributed by atoms with E-state index in [4.69, 9.17) is 0 Å². The van der Waals surface area contributed by atoms with Crippen LogP contribution in [0.2, 0.25) is 0 Å². The van der Waals surface area contributed by atoms with Crippen molar-refractivity contribution in [2.24, 2.45) is 0 Å². The molecule has 0 spiro atoms. The van der Waals surface area contributed by atoms with E-state index in [1.54, 1.807) is 9.15 Å². The zero-order chi connectivity index (χ0) is 10.8. The highest BCUT2D eigenvalue weighted by atomic mass is 127. The molecule has 0 rings (SSSR count). The Labute approximate surface area is 117 Å². The Morgan fingerprint density at radius 2 is 1.50 bits per heavy atom. The molecule has 0 fully saturated rings. The van der Waals surface area contributed by atoms with Crippen LogP contribution in [-0.4, -0.2) is 4.43 Å². The number of unbranched alkanes of at least 4 members (excludes halogenated alkanes) is 2. The lowest BCUT2D eigenvalue weighted by atomic mass is 10.0. The van der Waals surface area contributed by atoms with E-state index in [0.717, 1.165) is 0 Å². The van der Waals surface area contributed by atoms with Crippen molar-refractivity contribution in [2.45, 2.75) is 58.8 Å². The summed E-state index contributed by atoms with van der Waals surface area (Å²) in [5, 5.41) is 0. The highest BCUT2D eigenvalue weighted by Gasteiger charge is 2.03.